The molecule has 104 valence electrons. The number of hydrogen-bond donors (Lipinski definition) is 0. The maximum atomic E-state index is 11.3. The minimum atomic E-state index is -0.0396. The first-order valence-corrected chi connectivity index (χ1v) is 6.93. The zero-order chi connectivity index (χ0) is 14.1. The molecule has 3 rings (SSSR count). The van der Waals surface area contributed by atoms with E-state index < -0.39 is 0 Å². The average Bonchev–Trinajstić information content (AvgIpc) is 3.07. The predicted octanol–water partition coefficient (Wildman–Crippen LogP) is 3.15. The second-order valence-corrected chi connectivity index (χ2v) is 5.32. The Balaban J connectivity index is 2.04. The van der Waals surface area contributed by atoms with Crippen LogP contribution in [0, 0.1) is 13.8 Å². The fraction of sp³-hybridized carbons (Fsp3) is 0.375. The molecule has 1 aliphatic heterocycles. The molecule has 2 aromatic rings. The van der Waals surface area contributed by atoms with Crippen LogP contribution in [0.2, 0.25) is 0 Å². The Morgan fingerprint density at radius 2 is 2.25 bits per heavy atom. The van der Waals surface area contributed by atoms with Crippen LogP contribution in [0.25, 0.3) is 5.69 Å². The van der Waals surface area contributed by atoms with E-state index in [2.05, 4.69) is 31.1 Å². The largest absolute Gasteiger partial charge is 0.372 e. The first kappa shape index (κ1) is 13.1. The summed E-state index contributed by atoms with van der Waals surface area (Å²) in [6.07, 6.45) is 4.58. The summed E-state index contributed by atoms with van der Waals surface area (Å²) in [6.45, 7) is 4.87. The minimum Gasteiger partial charge on any atom is -0.372 e. The third-order valence-electron chi connectivity index (χ3n) is 3.73. The number of ether oxygens (including phenoxy) is 1. The number of carbonyl (C=O) groups is 1. The van der Waals surface area contributed by atoms with Crippen LogP contribution < -0.4 is 0 Å². The summed E-state index contributed by atoms with van der Waals surface area (Å²) in [5.41, 5.74) is 4.74. The van der Waals surface area contributed by atoms with Gasteiger partial charge < -0.3 is 4.74 Å². The molecule has 0 N–H and O–H groups in total. The average molecular weight is 270 g/mol. The molecule has 1 aliphatic rings. The molecule has 1 fully saturated rings. The van der Waals surface area contributed by atoms with Crippen LogP contribution in [0.1, 0.15) is 46.1 Å². The normalized spacial score (nSPS) is 18.4. The molecule has 2 heterocycles. The van der Waals surface area contributed by atoms with Gasteiger partial charge in [-0.05, 0) is 38.3 Å². The van der Waals surface area contributed by atoms with Crippen molar-refractivity contribution in [3.8, 4) is 5.69 Å². The highest BCUT2D eigenvalue weighted by atomic mass is 16.5. The van der Waals surface area contributed by atoms with Gasteiger partial charge in [0.25, 0.3) is 0 Å². The molecule has 0 amide bonds. The van der Waals surface area contributed by atoms with Crippen LogP contribution in [-0.2, 0) is 4.74 Å². The predicted molar refractivity (Wildman–Crippen MR) is 76.4 cm³/mol. The molecule has 0 saturated carbocycles. The Hall–Kier alpha value is -1.94. The Morgan fingerprint density at radius 1 is 1.40 bits per heavy atom. The van der Waals surface area contributed by atoms with E-state index in [0.717, 1.165) is 42.7 Å². The number of carbonyl (C=O) groups excluding carboxylic acids is 1. The van der Waals surface area contributed by atoms with Gasteiger partial charge in [-0.1, -0.05) is 17.7 Å². The summed E-state index contributed by atoms with van der Waals surface area (Å²) in [5.74, 6) is 0. The van der Waals surface area contributed by atoms with Crippen LogP contribution >= 0.6 is 0 Å². The molecule has 0 radical (unpaired) electrons. The van der Waals surface area contributed by atoms with Gasteiger partial charge in [0, 0.05) is 12.8 Å². The molecule has 1 aromatic carbocycles. The van der Waals surface area contributed by atoms with E-state index in [0.29, 0.717) is 5.56 Å². The number of nitrogens with zero attached hydrogens (tertiary/aromatic N) is 2. The van der Waals surface area contributed by atoms with Crippen molar-refractivity contribution < 1.29 is 9.53 Å². The van der Waals surface area contributed by atoms with Crippen LogP contribution in [-0.4, -0.2) is 22.7 Å². The molecule has 0 bridgehead atoms. The van der Waals surface area contributed by atoms with E-state index in [9.17, 15) is 4.79 Å². The fourth-order valence-electron chi connectivity index (χ4n) is 2.72. The van der Waals surface area contributed by atoms with Gasteiger partial charge >= 0.3 is 0 Å². The maximum Gasteiger partial charge on any atom is 0.153 e. The number of aryl methyl sites for hydroxylation is 2. The molecular weight excluding hydrogens is 252 g/mol. The topological polar surface area (TPSA) is 44.1 Å². The highest BCUT2D eigenvalue weighted by molar-refractivity contribution is 5.76. The highest BCUT2D eigenvalue weighted by Crippen LogP contribution is 2.30. The van der Waals surface area contributed by atoms with E-state index in [1.165, 1.54) is 5.56 Å². The van der Waals surface area contributed by atoms with Gasteiger partial charge in [0.1, 0.15) is 11.8 Å². The molecule has 1 unspecified atom stereocenters. The first-order chi connectivity index (χ1) is 9.69. The van der Waals surface area contributed by atoms with Crippen molar-refractivity contribution in [1.29, 1.82) is 0 Å². The Bertz CT molecular complexity index is 640. The molecule has 4 heteroatoms. The van der Waals surface area contributed by atoms with Crippen molar-refractivity contribution in [1.82, 2.24) is 9.78 Å². The zero-order valence-electron chi connectivity index (χ0n) is 11.8. The lowest BCUT2D eigenvalue weighted by atomic mass is 10.1. The summed E-state index contributed by atoms with van der Waals surface area (Å²) < 4.78 is 7.43. The number of rotatable bonds is 3. The molecule has 0 aliphatic carbocycles. The number of benzene rings is 1. The molecular formula is C16H18N2O2. The summed E-state index contributed by atoms with van der Waals surface area (Å²) in [5, 5.41) is 4.58. The second kappa shape index (κ2) is 5.21. The second-order valence-electron chi connectivity index (χ2n) is 5.32. The zero-order valence-corrected chi connectivity index (χ0v) is 11.8. The number of aldehydes is 1. The molecule has 20 heavy (non-hydrogen) atoms. The SMILES string of the molecule is Cc1ccc(-n2cc(C=O)c(C3CCCO3)n2)c(C)c1. The van der Waals surface area contributed by atoms with Gasteiger partial charge in [-0.15, -0.1) is 0 Å². The molecule has 1 aromatic heterocycles. The van der Waals surface area contributed by atoms with Crippen molar-refractivity contribution in [2.24, 2.45) is 0 Å². The van der Waals surface area contributed by atoms with Crippen molar-refractivity contribution in [2.75, 3.05) is 6.61 Å². The maximum absolute atomic E-state index is 11.3. The van der Waals surface area contributed by atoms with Crippen LogP contribution in [0.4, 0.5) is 0 Å². The van der Waals surface area contributed by atoms with Gasteiger partial charge in [0.15, 0.2) is 6.29 Å². The highest BCUT2D eigenvalue weighted by Gasteiger charge is 2.24. The van der Waals surface area contributed by atoms with Crippen molar-refractivity contribution in [3.63, 3.8) is 0 Å². The van der Waals surface area contributed by atoms with E-state index in [1.54, 1.807) is 10.9 Å². The Morgan fingerprint density at radius 3 is 2.90 bits per heavy atom. The van der Waals surface area contributed by atoms with Gasteiger partial charge in [0.05, 0.1) is 11.3 Å². The molecule has 1 atom stereocenters. The van der Waals surface area contributed by atoms with E-state index in [-0.39, 0.29) is 6.10 Å². The minimum absolute atomic E-state index is 0.0396. The summed E-state index contributed by atoms with van der Waals surface area (Å²) in [6, 6.07) is 6.20. The van der Waals surface area contributed by atoms with Crippen LogP contribution in [0.3, 0.4) is 0 Å². The smallest absolute Gasteiger partial charge is 0.153 e. The van der Waals surface area contributed by atoms with Gasteiger partial charge in [0.2, 0.25) is 0 Å². The lowest BCUT2D eigenvalue weighted by Crippen LogP contribution is -2.02. The third-order valence-corrected chi connectivity index (χ3v) is 3.73. The van der Waals surface area contributed by atoms with Crippen molar-refractivity contribution >= 4 is 6.29 Å². The molecule has 1 saturated heterocycles. The standard InChI is InChI=1S/C16H18N2O2/c1-11-5-6-14(12(2)8-11)18-9-13(10-19)16(17-18)15-4-3-7-20-15/h5-6,8-10,15H,3-4,7H2,1-2H3. The summed E-state index contributed by atoms with van der Waals surface area (Å²) in [7, 11) is 0. The Kier molecular flexibility index (Phi) is 3.40. The first-order valence-electron chi connectivity index (χ1n) is 6.93. The lowest BCUT2D eigenvalue weighted by Gasteiger charge is -2.08. The molecule has 0 spiro atoms. The van der Waals surface area contributed by atoms with E-state index in [1.807, 2.05) is 6.07 Å². The Labute approximate surface area is 118 Å². The van der Waals surface area contributed by atoms with Crippen molar-refractivity contribution in [2.45, 2.75) is 32.8 Å². The van der Waals surface area contributed by atoms with E-state index >= 15 is 0 Å². The monoisotopic (exact) mass is 270 g/mol. The molecule has 4 nitrogen and oxygen atoms in total. The van der Waals surface area contributed by atoms with E-state index in [4.69, 9.17) is 4.74 Å². The van der Waals surface area contributed by atoms with Crippen molar-refractivity contribution in [3.05, 3.63) is 46.8 Å². The lowest BCUT2D eigenvalue weighted by molar-refractivity contribution is 0.104. The third kappa shape index (κ3) is 2.27. The van der Waals surface area contributed by atoms with Crippen LogP contribution in [0.15, 0.2) is 24.4 Å². The van der Waals surface area contributed by atoms with Gasteiger partial charge in [-0.25, -0.2) is 4.68 Å². The van der Waals surface area contributed by atoms with Crippen LogP contribution in [0.5, 0.6) is 0 Å². The van der Waals surface area contributed by atoms with Gasteiger partial charge in [-0.3, -0.25) is 4.79 Å². The summed E-state index contributed by atoms with van der Waals surface area (Å²) >= 11 is 0. The number of hydrogen-bond acceptors (Lipinski definition) is 3. The van der Waals surface area contributed by atoms with Gasteiger partial charge in [-0.2, -0.15) is 5.10 Å². The summed E-state index contributed by atoms with van der Waals surface area (Å²) in [4.78, 5) is 11.3. The quantitative estimate of drug-likeness (QED) is 0.805. The fourth-order valence-corrected chi connectivity index (χ4v) is 2.72. The number of aromatic nitrogens is 2.